The SMILES string of the molecule is CS(=O)(=O)c1cccc(C(=O)N2CCC[C@H](CCC(=O)O)C2)c1. The Bertz CT molecular complexity index is 698. The molecule has 0 aromatic heterocycles. The summed E-state index contributed by atoms with van der Waals surface area (Å²) in [5.41, 5.74) is 0.354. The Hall–Kier alpha value is -1.89. The van der Waals surface area contributed by atoms with Crippen LogP contribution in [-0.4, -0.2) is 49.6 Å². The van der Waals surface area contributed by atoms with E-state index < -0.39 is 15.8 Å². The first-order chi connectivity index (χ1) is 10.8. The number of benzene rings is 1. The smallest absolute Gasteiger partial charge is 0.303 e. The zero-order chi connectivity index (χ0) is 17.0. The molecule has 0 saturated carbocycles. The van der Waals surface area contributed by atoms with Crippen molar-refractivity contribution in [2.75, 3.05) is 19.3 Å². The average molecular weight is 339 g/mol. The van der Waals surface area contributed by atoms with Gasteiger partial charge in [0.25, 0.3) is 5.91 Å². The topological polar surface area (TPSA) is 91.8 Å². The number of likely N-dealkylation sites (tertiary alicyclic amines) is 1. The van der Waals surface area contributed by atoms with Gasteiger partial charge in [-0.2, -0.15) is 0 Å². The first-order valence-electron chi connectivity index (χ1n) is 7.58. The van der Waals surface area contributed by atoms with Crippen molar-refractivity contribution in [3.63, 3.8) is 0 Å². The molecular weight excluding hydrogens is 318 g/mol. The van der Waals surface area contributed by atoms with Crippen LogP contribution < -0.4 is 0 Å². The highest BCUT2D eigenvalue weighted by molar-refractivity contribution is 7.90. The van der Waals surface area contributed by atoms with Gasteiger partial charge in [-0.3, -0.25) is 9.59 Å². The van der Waals surface area contributed by atoms with E-state index in [9.17, 15) is 18.0 Å². The van der Waals surface area contributed by atoms with E-state index in [0.717, 1.165) is 19.1 Å². The van der Waals surface area contributed by atoms with Crippen molar-refractivity contribution in [1.82, 2.24) is 4.90 Å². The van der Waals surface area contributed by atoms with E-state index in [1.54, 1.807) is 17.0 Å². The Morgan fingerprint density at radius 1 is 1.35 bits per heavy atom. The molecule has 126 valence electrons. The van der Waals surface area contributed by atoms with Crippen LogP contribution >= 0.6 is 0 Å². The molecule has 0 bridgehead atoms. The molecule has 1 aromatic rings. The third-order valence-electron chi connectivity index (χ3n) is 4.08. The minimum Gasteiger partial charge on any atom is -0.481 e. The van der Waals surface area contributed by atoms with Crippen LogP contribution in [0.4, 0.5) is 0 Å². The number of carboxylic acids is 1. The van der Waals surface area contributed by atoms with Crippen molar-refractivity contribution in [3.8, 4) is 0 Å². The van der Waals surface area contributed by atoms with Crippen LogP contribution in [0.3, 0.4) is 0 Å². The number of nitrogens with zero attached hydrogens (tertiary/aromatic N) is 1. The number of hydrogen-bond donors (Lipinski definition) is 1. The molecule has 1 aliphatic heterocycles. The second-order valence-electron chi connectivity index (χ2n) is 5.99. The van der Waals surface area contributed by atoms with Gasteiger partial charge in [0.15, 0.2) is 9.84 Å². The summed E-state index contributed by atoms with van der Waals surface area (Å²) in [6.07, 6.45) is 3.53. The minimum absolute atomic E-state index is 0.107. The lowest BCUT2D eigenvalue weighted by Gasteiger charge is -2.32. The molecule has 7 heteroatoms. The van der Waals surface area contributed by atoms with Gasteiger partial charge in [0.1, 0.15) is 0 Å². The number of amides is 1. The van der Waals surface area contributed by atoms with E-state index in [1.807, 2.05) is 0 Å². The van der Waals surface area contributed by atoms with Crippen LogP contribution in [0.1, 0.15) is 36.0 Å². The Morgan fingerprint density at radius 3 is 2.74 bits per heavy atom. The molecule has 1 fully saturated rings. The molecule has 1 aromatic carbocycles. The summed E-state index contributed by atoms with van der Waals surface area (Å²) in [7, 11) is -3.35. The third-order valence-corrected chi connectivity index (χ3v) is 5.19. The van der Waals surface area contributed by atoms with E-state index in [0.29, 0.717) is 25.1 Å². The summed E-state index contributed by atoms with van der Waals surface area (Å²) < 4.78 is 23.2. The van der Waals surface area contributed by atoms with Crippen LogP contribution in [0.2, 0.25) is 0 Å². The van der Waals surface area contributed by atoms with Gasteiger partial charge in [-0.1, -0.05) is 6.07 Å². The molecule has 2 rings (SSSR count). The molecule has 0 spiro atoms. The number of carbonyl (C=O) groups is 2. The Balaban J connectivity index is 2.09. The largest absolute Gasteiger partial charge is 0.481 e. The second-order valence-corrected chi connectivity index (χ2v) is 8.01. The molecular formula is C16H21NO5S. The number of piperidine rings is 1. The maximum atomic E-state index is 12.6. The number of aliphatic carboxylic acids is 1. The number of rotatable bonds is 5. The summed E-state index contributed by atoms with van der Waals surface area (Å²) in [4.78, 5) is 25.1. The summed E-state index contributed by atoms with van der Waals surface area (Å²) in [6.45, 7) is 1.14. The van der Waals surface area contributed by atoms with Gasteiger partial charge in [-0.25, -0.2) is 8.42 Å². The van der Waals surface area contributed by atoms with Gasteiger partial charge in [-0.05, 0) is 43.4 Å². The minimum atomic E-state index is -3.35. The summed E-state index contributed by atoms with van der Waals surface area (Å²) in [6, 6.07) is 6.05. The molecule has 1 N–H and O–H groups in total. The highest BCUT2D eigenvalue weighted by Gasteiger charge is 2.25. The van der Waals surface area contributed by atoms with E-state index >= 15 is 0 Å². The molecule has 1 amide bonds. The molecule has 1 saturated heterocycles. The van der Waals surface area contributed by atoms with Crippen molar-refractivity contribution >= 4 is 21.7 Å². The van der Waals surface area contributed by atoms with Crippen LogP contribution in [0.25, 0.3) is 0 Å². The zero-order valence-corrected chi connectivity index (χ0v) is 13.9. The Morgan fingerprint density at radius 2 is 2.09 bits per heavy atom. The van der Waals surface area contributed by atoms with E-state index in [4.69, 9.17) is 5.11 Å². The first kappa shape index (κ1) is 17.5. The van der Waals surface area contributed by atoms with E-state index in [1.165, 1.54) is 12.1 Å². The number of sulfone groups is 1. The fourth-order valence-corrected chi connectivity index (χ4v) is 3.52. The van der Waals surface area contributed by atoms with Crippen LogP contribution in [0, 0.1) is 5.92 Å². The molecule has 0 radical (unpaired) electrons. The van der Waals surface area contributed by atoms with Crippen LogP contribution in [-0.2, 0) is 14.6 Å². The van der Waals surface area contributed by atoms with Crippen molar-refractivity contribution in [3.05, 3.63) is 29.8 Å². The van der Waals surface area contributed by atoms with Gasteiger partial charge in [0.05, 0.1) is 4.90 Å². The molecule has 23 heavy (non-hydrogen) atoms. The maximum Gasteiger partial charge on any atom is 0.303 e. The fraction of sp³-hybridized carbons (Fsp3) is 0.500. The lowest BCUT2D eigenvalue weighted by molar-refractivity contribution is -0.137. The van der Waals surface area contributed by atoms with Gasteiger partial charge >= 0.3 is 5.97 Å². The number of carbonyl (C=O) groups excluding carboxylic acids is 1. The quantitative estimate of drug-likeness (QED) is 0.883. The molecule has 1 atom stereocenters. The standard InChI is InChI=1S/C16H21NO5S/c1-23(21,22)14-6-2-5-13(10-14)16(20)17-9-3-4-12(11-17)7-8-15(18)19/h2,5-6,10,12H,3-4,7-9,11H2,1H3,(H,18,19)/t12-/m1/s1. The highest BCUT2D eigenvalue weighted by Crippen LogP contribution is 2.23. The third kappa shape index (κ3) is 4.79. The van der Waals surface area contributed by atoms with Crippen LogP contribution in [0.15, 0.2) is 29.2 Å². The maximum absolute atomic E-state index is 12.6. The van der Waals surface area contributed by atoms with Gasteiger partial charge in [0.2, 0.25) is 0 Å². The Kier molecular flexibility index (Phi) is 5.41. The first-order valence-corrected chi connectivity index (χ1v) is 9.47. The summed E-state index contributed by atoms with van der Waals surface area (Å²) in [5.74, 6) is -0.841. The predicted octanol–water partition coefficient (Wildman–Crippen LogP) is 1.81. The molecule has 1 heterocycles. The highest BCUT2D eigenvalue weighted by atomic mass is 32.2. The average Bonchev–Trinajstić information content (AvgIpc) is 2.52. The predicted molar refractivity (Wildman–Crippen MR) is 85.0 cm³/mol. The molecule has 0 aliphatic carbocycles. The van der Waals surface area contributed by atoms with Crippen LogP contribution in [0.5, 0.6) is 0 Å². The van der Waals surface area contributed by atoms with Crippen molar-refractivity contribution < 1.29 is 23.1 Å². The van der Waals surface area contributed by atoms with E-state index in [2.05, 4.69) is 0 Å². The lowest BCUT2D eigenvalue weighted by atomic mass is 9.93. The van der Waals surface area contributed by atoms with Gasteiger partial charge in [0, 0.05) is 31.3 Å². The normalized spacial score (nSPS) is 18.7. The van der Waals surface area contributed by atoms with Gasteiger partial charge < -0.3 is 10.0 Å². The van der Waals surface area contributed by atoms with E-state index in [-0.39, 0.29) is 23.1 Å². The second kappa shape index (κ2) is 7.12. The number of hydrogen-bond acceptors (Lipinski definition) is 4. The molecule has 6 nitrogen and oxygen atoms in total. The summed E-state index contributed by atoms with van der Waals surface area (Å²) in [5, 5.41) is 8.77. The molecule has 0 unspecified atom stereocenters. The van der Waals surface area contributed by atoms with Crippen molar-refractivity contribution in [1.29, 1.82) is 0 Å². The lowest BCUT2D eigenvalue weighted by Crippen LogP contribution is -2.40. The summed E-state index contributed by atoms with van der Waals surface area (Å²) >= 11 is 0. The Labute approximate surface area is 136 Å². The monoisotopic (exact) mass is 339 g/mol. The van der Waals surface area contributed by atoms with Gasteiger partial charge in [-0.15, -0.1) is 0 Å². The fourth-order valence-electron chi connectivity index (χ4n) is 2.86. The zero-order valence-electron chi connectivity index (χ0n) is 13.1. The number of carboxylic acid groups (broad SMARTS) is 1. The van der Waals surface area contributed by atoms with Crippen molar-refractivity contribution in [2.24, 2.45) is 5.92 Å². The molecule has 1 aliphatic rings. The van der Waals surface area contributed by atoms with Crippen molar-refractivity contribution in [2.45, 2.75) is 30.6 Å².